The molecule has 104 valence electrons. The summed E-state index contributed by atoms with van der Waals surface area (Å²) in [7, 11) is 0. The predicted molar refractivity (Wildman–Crippen MR) is 74.0 cm³/mol. The SMILES string of the molecule is CCCCCOC(=O)N=C(C)N1CCC(CC)C1. The van der Waals surface area contributed by atoms with E-state index in [1.807, 2.05) is 6.92 Å². The fraction of sp³-hybridized carbons (Fsp3) is 0.857. The van der Waals surface area contributed by atoms with E-state index < -0.39 is 6.09 Å². The Bertz CT molecular complexity index is 290. The Morgan fingerprint density at radius 1 is 1.39 bits per heavy atom. The zero-order chi connectivity index (χ0) is 13.4. The van der Waals surface area contributed by atoms with Gasteiger partial charge in [0.25, 0.3) is 0 Å². The van der Waals surface area contributed by atoms with Crippen LogP contribution in [0.2, 0.25) is 0 Å². The summed E-state index contributed by atoms with van der Waals surface area (Å²) < 4.78 is 5.07. The molecule has 0 aromatic carbocycles. The standard InChI is InChI=1S/C14H26N2O2/c1-4-6-7-10-18-14(17)15-12(3)16-9-8-13(5-2)11-16/h13H,4-11H2,1-3H3. The number of hydrogen-bond donors (Lipinski definition) is 0. The van der Waals surface area contributed by atoms with E-state index in [1.165, 1.54) is 12.8 Å². The summed E-state index contributed by atoms with van der Waals surface area (Å²) in [6, 6.07) is 0. The zero-order valence-electron chi connectivity index (χ0n) is 11.9. The van der Waals surface area contributed by atoms with Crippen LogP contribution >= 0.6 is 0 Å². The smallest absolute Gasteiger partial charge is 0.435 e. The third-order valence-corrected chi connectivity index (χ3v) is 3.55. The highest BCUT2D eigenvalue weighted by Crippen LogP contribution is 2.19. The van der Waals surface area contributed by atoms with Crippen LogP contribution in [-0.4, -0.2) is 36.5 Å². The molecule has 1 aliphatic heterocycles. The Balaban J connectivity index is 2.29. The maximum Gasteiger partial charge on any atom is 0.435 e. The van der Waals surface area contributed by atoms with Crippen molar-refractivity contribution in [3.8, 4) is 0 Å². The number of amides is 1. The molecular weight excluding hydrogens is 228 g/mol. The van der Waals surface area contributed by atoms with E-state index in [0.717, 1.165) is 44.1 Å². The van der Waals surface area contributed by atoms with Gasteiger partial charge < -0.3 is 9.64 Å². The predicted octanol–water partition coefficient (Wildman–Crippen LogP) is 3.46. The van der Waals surface area contributed by atoms with Crippen molar-refractivity contribution in [3.63, 3.8) is 0 Å². The molecule has 1 atom stereocenters. The number of amidine groups is 1. The van der Waals surface area contributed by atoms with E-state index in [-0.39, 0.29) is 0 Å². The first-order chi connectivity index (χ1) is 8.67. The number of nitrogens with zero attached hydrogens (tertiary/aromatic N) is 2. The number of likely N-dealkylation sites (tertiary alicyclic amines) is 1. The van der Waals surface area contributed by atoms with Crippen LogP contribution < -0.4 is 0 Å². The van der Waals surface area contributed by atoms with Crippen LogP contribution in [0.4, 0.5) is 4.79 Å². The van der Waals surface area contributed by atoms with Crippen LogP contribution in [0.1, 0.15) is 52.9 Å². The molecule has 1 unspecified atom stereocenters. The topological polar surface area (TPSA) is 41.9 Å². The van der Waals surface area contributed by atoms with E-state index in [9.17, 15) is 4.79 Å². The molecule has 0 aliphatic carbocycles. The second-order valence-corrected chi connectivity index (χ2v) is 4.99. The highest BCUT2D eigenvalue weighted by atomic mass is 16.5. The largest absolute Gasteiger partial charge is 0.448 e. The molecular formula is C14H26N2O2. The molecule has 1 rings (SSSR count). The summed E-state index contributed by atoms with van der Waals surface area (Å²) in [6.45, 7) is 8.75. The molecule has 0 radical (unpaired) electrons. The summed E-state index contributed by atoms with van der Waals surface area (Å²) in [6.07, 6.45) is 5.12. The number of carbonyl (C=O) groups excluding carboxylic acids is 1. The van der Waals surface area contributed by atoms with Gasteiger partial charge in [-0.15, -0.1) is 0 Å². The summed E-state index contributed by atoms with van der Waals surface area (Å²) in [5, 5.41) is 0. The van der Waals surface area contributed by atoms with Gasteiger partial charge in [0, 0.05) is 13.1 Å². The van der Waals surface area contributed by atoms with Crippen LogP contribution in [0.15, 0.2) is 4.99 Å². The van der Waals surface area contributed by atoms with Crippen LogP contribution in [0.3, 0.4) is 0 Å². The van der Waals surface area contributed by atoms with E-state index in [2.05, 4.69) is 23.7 Å². The van der Waals surface area contributed by atoms with Gasteiger partial charge in [-0.05, 0) is 25.7 Å². The highest BCUT2D eigenvalue weighted by molar-refractivity contribution is 5.90. The fourth-order valence-corrected chi connectivity index (χ4v) is 2.21. The lowest BCUT2D eigenvalue weighted by molar-refractivity contribution is 0.154. The molecule has 0 aromatic heterocycles. The first kappa shape index (κ1) is 15.0. The molecule has 1 amide bonds. The lowest BCUT2D eigenvalue weighted by atomic mass is 10.1. The van der Waals surface area contributed by atoms with Crippen LogP contribution in [-0.2, 0) is 4.74 Å². The Kier molecular flexibility index (Phi) is 6.76. The van der Waals surface area contributed by atoms with Crippen molar-refractivity contribution in [1.82, 2.24) is 4.90 Å². The van der Waals surface area contributed by atoms with Crippen LogP contribution in [0.25, 0.3) is 0 Å². The zero-order valence-corrected chi connectivity index (χ0v) is 11.9. The van der Waals surface area contributed by atoms with Gasteiger partial charge in [-0.25, -0.2) is 4.79 Å². The van der Waals surface area contributed by atoms with Gasteiger partial charge in [-0.3, -0.25) is 0 Å². The number of aliphatic imine (C=N–C) groups is 1. The lowest BCUT2D eigenvalue weighted by Crippen LogP contribution is -2.27. The number of carbonyl (C=O) groups is 1. The summed E-state index contributed by atoms with van der Waals surface area (Å²) in [5.41, 5.74) is 0. The molecule has 18 heavy (non-hydrogen) atoms. The van der Waals surface area contributed by atoms with E-state index in [0.29, 0.717) is 6.61 Å². The first-order valence-corrected chi connectivity index (χ1v) is 7.14. The maximum absolute atomic E-state index is 11.5. The van der Waals surface area contributed by atoms with E-state index in [1.54, 1.807) is 0 Å². The summed E-state index contributed by atoms with van der Waals surface area (Å²) in [4.78, 5) is 17.7. The number of ether oxygens (including phenoxy) is 1. The van der Waals surface area contributed by atoms with E-state index >= 15 is 0 Å². The molecule has 4 heteroatoms. The summed E-state index contributed by atoms with van der Waals surface area (Å²) >= 11 is 0. The molecule has 1 saturated heterocycles. The second-order valence-electron chi connectivity index (χ2n) is 4.99. The molecule has 0 N–H and O–H groups in total. The number of hydrogen-bond acceptors (Lipinski definition) is 2. The Morgan fingerprint density at radius 2 is 2.17 bits per heavy atom. The molecule has 0 spiro atoms. The highest BCUT2D eigenvalue weighted by Gasteiger charge is 2.22. The molecule has 1 aliphatic rings. The van der Waals surface area contributed by atoms with E-state index in [4.69, 9.17) is 4.74 Å². The number of rotatable bonds is 5. The third-order valence-electron chi connectivity index (χ3n) is 3.55. The van der Waals surface area contributed by atoms with Gasteiger partial charge in [-0.2, -0.15) is 4.99 Å². The lowest BCUT2D eigenvalue weighted by Gasteiger charge is -2.17. The maximum atomic E-state index is 11.5. The van der Waals surface area contributed by atoms with Gasteiger partial charge >= 0.3 is 6.09 Å². The Morgan fingerprint density at radius 3 is 2.78 bits per heavy atom. The minimum atomic E-state index is -0.441. The van der Waals surface area contributed by atoms with Crippen LogP contribution in [0.5, 0.6) is 0 Å². The molecule has 0 aromatic rings. The monoisotopic (exact) mass is 254 g/mol. The van der Waals surface area contributed by atoms with Crippen molar-refractivity contribution in [2.75, 3.05) is 19.7 Å². The number of unbranched alkanes of at least 4 members (excludes halogenated alkanes) is 2. The molecule has 0 saturated carbocycles. The van der Waals surface area contributed by atoms with Crippen molar-refractivity contribution in [2.24, 2.45) is 10.9 Å². The van der Waals surface area contributed by atoms with Gasteiger partial charge in [0.2, 0.25) is 0 Å². The van der Waals surface area contributed by atoms with Gasteiger partial charge in [0.1, 0.15) is 5.84 Å². The average molecular weight is 254 g/mol. The molecule has 4 nitrogen and oxygen atoms in total. The van der Waals surface area contributed by atoms with Crippen LogP contribution in [0, 0.1) is 5.92 Å². The Labute approximate surface area is 110 Å². The molecule has 0 bridgehead atoms. The minimum absolute atomic E-state index is 0.441. The van der Waals surface area contributed by atoms with Gasteiger partial charge in [-0.1, -0.05) is 33.1 Å². The average Bonchev–Trinajstić information content (AvgIpc) is 2.83. The Hall–Kier alpha value is -1.06. The van der Waals surface area contributed by atoms with Crippen molar-refractivity contribution in [1.29, 1.82) is 0 Å². The first-order valence-electron chi connectivity index (χ1n) is 7.14. The van der Waals surface area contributed by atoms with Gasteiger partial charge in [0.05, 0.1) is 6.61 Å². The quantitative estimate of drug-likeness (QED) is 0.428. The van der Waals surface area contributed by atoms with Crippen molar-refractivity contribution in [3.05, 3.63) is 0 Å². The van der Waals surface area contributed by atoms with Crippen molar-refractivity contribution in [2.45, 2.75) is 52.9 Å². The minimum Gasteiger partial charge on any atom is -0.448 e. The normalized spacial score (nSPS) is 20.3. The fourth-order valence-electron chi connectivity index (χ4n) is 2.21. The van der Waals surface area contributed by atoms with Gasteiger partial charge in [0.15, 0.2) is 0 Å². The summed E-state index contributed by atoms with van der Waals surface area (Å²) in [5.74, 6) is 1.54. The molecule has 1 fully saturated rings. The molecule has 1 heterocycles. The third kappa shape index (κ3) is 5.07. The van der Waals surface area contributed by atoms with Crippen molar-refractivity contribution < 1.29 is 9.53 Å². The second kappa shape index (κ2) is 8.11. The van der Waals surface area contributed by atoms with Crippen molar-refractivity contribution >= 4 is 11.9 Å².